The third-order valence-electron chi connectivity index (χ3n) is 3.89. The van der Waals surface area contributed by atoms with Crippen LogP contribution in [0.2, 0.25) is 0 Å². The van der Waals surface area contributed by atoms with E-state index < -0.39 is 0 Å². The van der Waals surface area contributed by atoms with E-state index in [-0.39, 0.29) is 12.3 Å². The minimum atomic E-state index is -0.124. The van der Waals surface area contributed by atoms with Crippen LogP contribution >= 0.6 is 0 Å². The van der Waals surface area contributed by atoms with Crippen molar-refractivity contribution in [2.45, 2.75) is 13.0 Å². The molecule has 7 nitrogen and oxygen atoms in total. The summed E-state index contributed by atoms with van der Waals surface area (Å²) in [6.45, 7) is 0.634. The van der Waals surface area contributed by atoms with Crippen LogP contribution in [0.5, 0.6) is 11.5 Å². The minimum absolute atomic E-state index is 0.124. The first-order chi connectivity index (χ1) is 12.7. The smallest absolute Gasteiger partial charge is 0.228 e. The fraction of sp³-hybridized carbons (Fsp3) is 0.211. The number of nitrogens with zero attached hydrogens (tertiary/aromatic N) is 3. The molecule has 0 aliphatic rings. The fourth-order valence-corrected chi connectivity index (χ4v) is 2.59. The standard InChI is InChI=1S/C19H20N4O3/c1-25-17-7-8-18(26-2)15(9-17)10-19(24)22-16-5-3-14(4-6-16)11-23-13-20-12-21-23/h3-9,12-13H,10-11H2,1-2H3,(H,22,24). The van der Waals surface area contributed by atoms with Gasteiger partial charge in [0.15, 0.2) is 0 Å². The summed E-state index contributed by atoms with van der Waals surface area (Å²) < 4.78 is 12.3. The summed E-state index contributed by atoms with van der Waals surface area (Å²) in [6, 6.07) is 13.0. The van der Waals surface area contributed by atoms with E-state index in [2.05, 4.69) is 15.4 Å². The quantitative estimate of drug-likeness (QED) is 0.707. The Hall–Kier alpha value is -3.35. The summed E-state index contributed by atoms with van der Waals surface area (Å²) in [5.74, 6) is 1.22. The molecule has 0 saturated carbocycles. The normalized spacial score (nSPS) is 10.4. The van der Waals surface area contributed by atoms with Crippen molar-refractivity contribution in [3.63, 3.8) is 0 Å². The van der Waals surface area contributed by atoms with Crippen molar-refractivity contribution in [3.8, 4) is 11.5 Å². The Balaban J connectivity index is 1.63. The molecular weight excluding hydrogens is 332 g/mol. The molecule has 3 rings (SSSR count). The average molecular weight is 352 g/mol. The summed E-state index contributed by atoms with van der Waals surface area (Å²) in [7, 11) is 3.17. The van der Waals surface area contributed by atoms with E-state index in [1.54, 1.807) is 43.4 Å². The van der Waals surface area contributed by atoms with Crippen LogP contribution < -0.4 is 14.8 Å². The van der Waals surface area contributed by atoms with Gasteiger partial charge in [-0.25, -0.2) is 9.67 Å². The van der Waals surface area contributed by atoms with Gasteiger partial charge in [0.05, 0.1) is 27.2 Å². The molecule has 134 valence electrons. The number of methoxy groups -OCH3 is 2. The zero-order valence-corrected chi connectivity index (χ0v) is 14.7. The number of hydrogen-bond acceptors (Lipinski definition) is 5. The number of anilines is 1. The van der Waals surface area contributed by atoms with Gasteiger partial charge in [-0.15, -0.1) is 0 Å². The van der Waals surface area contributed by atoms with Crippen molar-refractivity contribution in [2.24, 2.45) is 0 Å². The molecule has 3 aromatic rings. The van der Waals surface area contributed by atoms with Crippen LogP contribution in [0.25, 0.3) is 0 Å². The third-order valence-corrected chi connectivity index (χ3v) is 3.89. The number of amides is 1. The van der Waals surface area contributed by atoms with Gasteiger partial charge in [-0.2, -0.15) is 5.10 Å². The molecule has 0 spiro atoms. The first-order valence-corrected chi connectivity index (χ1v) is 8.10. The maximum absolute atomic E-state index is 12.4. The number of rotatable bonds is 7. The van der Waals surface area contributed by atoms with E-state index >= 15 is 0 Å². The van der Waals surface area contributed by atoms with Crippen molar-refractivity contribution in [1.29, 1.82) is 0 Å². The lowest BCUT2D eigenvalue weighted by Crippen LogP contribution is -2.15. The van der Waals surface area contributed by atoms with Gasteiger partial charge < -0.3 is 14.8 Å². The number of hydrogen-bond donors (Lipinski definition) is 1. The second kappa shape index (κ2) is 8.15. The average Bonchev–Trinajstić information content (AvgIpc) is 3.16. The molecule has 0 saturated heterocycles. The van der Waals surface area contributed by atoms with Crippen LogP contribution in [0, 0.1) is 0 Å². The summed E-state index contributed by atoms with van der Waals surface area (Å²) >= 11 is 0. The second-order valence-corrected chi connectivity index (χ2v) is 5.69. The highest BCUT2D eigenvalue weighted by Gasteiger charge is 2.11. The molecule has 0 aliphatic carbocycles. The van der Waals surface area contributed by atoms with E-state index in [0.29, 0.717) is 18.0 Å². The molecule has 0 atom stereocenters. The van der Waals surface area contributed by atoms with Gasteiger partial charge in [-0.3, -0.25) is 4.79 Å². The summed E-state index contributed by atoms with van der Waals surface area (Å²) in [5, 5.41) is 6.97. The van der Waals surface area contributed by atoms with Gasteiger partial charge in [0.2, 0.25) is 5.91 Å². The van der Waals surface area contributed by atoms with Crippen molar-refractivity contribution < 1.29 is 14.3 Å². The molecule has 1 aromatic heterocycles. The van der Waals surface area contributed by atoms with Gasteiger partial charge in [-0.1, -0.05) is 12.1 Å². The van der Waals surface area contributed by atoms with E-state index in [4.69, 9.17) is 9.47 Å². The number of carbonyl (C=O) groups is 1. The summed E-state index contributed by atoms with van der Waals surface area (Å²) in [4.78, 5) is 16.3. The largest absolute Gasteiger partial charge is 0.497 e. The summed E-state index contributed by atoms with van der Waals surface area (Å²) in [5.41, 5.74) is 2.58. The van der Waals surface area contributed by atoms with Gasteiger partial charge in [-0.05, 0) is 35.9 Å². The van der Waals surface area contributed by atoms with Crippen LogP contribution in [-0.2, 0) is 17.8 Å². The van der Waals surface area contributed by atoms with E-state index in [1.165, 1.54) is 6.33 Å². The number of carbonyl (C=O) groups excluding carboxylic acids is 1. The molecule has 7 heteroatoms. The van der Waals surface area contributed by atoms with Crippen LogP contribution in [0.15, 0.2) is 55.1 Å². The topological polar surface area (TPSA) is 78.3 Å². The Labute approximate surface area is 151 Å². The van der Waals surface area contributed by atoms with Crippen molar-refractivity contribution in [2.75, 3.05) is 19.5 Å². The van der Waals surface area contributed by atoms with Crippen molar-refractivity contribution in [1.82, 2.24) is 14.8 Å². The highest BCUT2D eigenvalue weighted by molar-refractivity contribution is 5.92. The predicted octanol–water partition coefficient (Wildman–Crippen LogP) is 2.52. The molecule has 1 N–H and O–H groups in total. The monoisotopic (exact) mass is 352 g/mol. The molecule has 0 aliphatic heterocycles. The highest BCUT2D eigenvalue weighted by Crippen LogP contribution is 2.24. The third kappa shape index (κ3) is 4.38. The van der Waals surface area contributed by atoms with Crippen LogP contribution in [0.1, 0.15) is 11.1 Å². The molecule has 2 aromatic carbocycles. The van der Waals surface area contributed by atoms with Gasteiger partial charge in [0.1, 0.15) is 24.2 Å². The Morgan fingerprint density at radius 2 is 1.92 bits per heavy atom. The minimum Gasteiger partial charge on any atom is -0.497 e. The SMILES string of the molecule is COc1ccc(OC)c(CC(=O)Nc2ccc(Cn3cncn3)cc2)c1. The Bertz CT molecular complexity index is 861. The van der Waals surface area contributed by atoms with Crippen LogP contribution in [0.3, 0.4) is 0 Å². The fourth-order valence-electron chi connectivity index (χ4n) is 2.59. The number of benzene rings is 2. The van der Waals surface area contributed by atoms with E-state index in [9.17, 15) is 4.79 Å². The second-order valence-electron chi connectivity index (χ2n) is 5.69. The lowest BCUT2D eigenvalue weighted by Gasteiger charge is -2.11. The van der Waals surface area contributed by atoms with E-state index in [1.807, 2.05) is 24.3 Å². The zero-order valence-electron chi connectivity index (χ0n) is 14.7. The molecule has 26 heavy (non-hydrogen) atoms. The predicted molar refractivity (Wildman–Crippen MR) is 97.4 cm³/mol. The van der Waals surface area contributed by atoms with Crippen LogP contribution in [0.4, 0.5) is 5.69 Å². The van der Waals surface area contributed by atoms with Crippen molar-refractivity contribution >= 4 is 11.6 Å². The molecule has 0 unspecified atom stereocenters. The first-order valence-electron chi connectivity index (χ1n) is 8.10. The Morgan fingerprint density at radius 1 is 1.12 bits per heavy atom. The first kappa shape index (κ1) is 17.5. The lowest BCUT2D eigenvalue weighted by molar-refractivity contribution is -0.115. The molecule has 1 amide bonds. The summed E-state index contributed by atoms with van der Waals surface area (Å²) in [6.07, 6.45) is 3.36. The molecular formula is C19H20N4O3. The van der Waals surface area contributed by atoms with Gasteiger partial charge >= 0.3 is 0 Å². The lowest BCUT2D eigenvalue weighted by atomic mass is 10.1. The molecule has 0 fully saturated rings. The zero-order chi connectivity index (χ0) is 18.4. The number of nitrogens with one attached hydrogen (secondary N) is 1. The van der Waals surface area contributed by atoms with Gasteiger partial charge in [0.25, 0.3) is 0 Å². The van der Waals surface area contributed by atoms with Crippen molar-refractivity contribution in [3.05, 3.63) is 66.2 Å². The molecule has 1 heterocycles. The molecule has 0 radical (unpaired) electrons. The van der Waals surface area contributed by atoms with Crippen LogP contribution in [-0.4, -0.2) is 34.9 Å². The number of aromatic nitrogens is 3. The molecule has 0 bridgehead atoms. The number of ether oxygens (including phenoxy) is 2. The maximum atomic E-state index is 12.4. The Kier molecular flexibility index (Phi) is 5.48. The van der Waals surface area contributed by atoms with Gasteiger partial charge in [0, 0.05) is 11.3 Å². The van der Waals surface area contributed by atoms with E-state index in [0.717, 1.165) is 16.8 Å². The highest BCUT2D eigenvalue weighted by atomic mass is 16.5. The maximum Gasteiger partial charge on any atom is 0.228 e. The Morgan fingerprint density at radius 3 is 2.58 bits per heavy atom.